The van der Waals surface area contributed by atoms with E-state index in [9.17, 15) is 9.90 Å². The quantitative estimate of drug-likeness (QED) is 0.675. The minimum absolute atomic E-state index is 0.0131. The van der Waals surface area contributed by atoms with Crippen molar-refractivity contribution in [2.75, 3.05) is 19.0 Å². The Bertz CT molecular complexity index is 393. The van der Waals surface area contributed by atoms with Gasteiger partial charge in [-0.1, -0.05) is 6.92 Å². The van der Waals surface area contributed by atoms with Gasteiger partial charge < -0.3 is 20.9 Å². The van der Waals surface area contributed by atoms with E-state index in [1.165, 1.54) is 13.2 Å². The number of carbonyl (C=O) groups excluding carboxylic acids is 1. The first-order valence-electron chi connectivity index (χ1n) is 5.46. The molecule has 4 N–H and O–H groups in total. The van der Waals surface area contributed by atoms with E-state index < -0.39 is 0 Å². The molecule has 1 aromatic carbocycles. The van der Waals surface area contributed by atoms with E-state index in [1.54, 1.807) is 19.1 Å². The van der Waals surface area contributed by atoms with Crippen molar-refractivity contribution in [3.05, 3.63) is 18.2 Å². The van der Waals surface area contributed by atoms with Crippen molar-refractivity contribution in [2.24, 2.45) is 11.7 Å². The number of amides is 1. The molecule has 0 radical (unpaired) electrons. The number of ether oxygens (including phenoxy) is 1. The summed E-state index contributed by atoms with van der Waals surface area (Å²) in [5, 5.41) is 12.2. The molecule has 0 saturated heterocycles. The van der Waals surface area contributed by atoms with Gasteiger partial charge >= 0.3 is 0 Å². The molecule has 0 aromatic heterocycles. The summed E-state index contributed by atoms with van der Waals surface area (Å²) in [6.07, 6.45) is 0.608. The van der Waals surface area contributed by atoms with Crippen LogP contribution in [-0.4, -0.2) is 24.7 Å². The third kappa shape index (κ3) is 3.64. The van der Waals surface area contributed by atoms with Crippen LogP contribution in [0.15, 0.2) is 18.2 Å². The van der Waals surface area contributed by atoms with Gasteiger partial charge in [0.1, 0.15) is 11.5 Å². The molecule has 17 heavy (non-hydrogen) atoms. The fourth-order valence-corrected chi connectivity index (χ4v) is 1.38. The van der Waals surface area contributed by atoms with Crippen LogP contribution in [0.5, 0.6) is 11.5 Å². The molecule has 0 aliphatic heterocycles. The molecule has 0 heterocycles. The second kappa shape index (κ2) is 6.10. The third-order valence-electron chi connectivity index (χ3n) is 2.51. The molecule has 1 atom stereocenters. The van der Waals surface area contributed by atoms with E-state index in [2.05, 4.69) is 5.32 Å². The highest BCUT2D eigenvalue weighted by Gasteiger charge is 2.14. The zero-order valence-electron chi connectivity index (χ0n) is 10.1. The van der Waals surface area contributed by atoms with Crippen LogP contribution in [0.4, 0.5) is 5.69 Å². The summed E-state index contributed by atoms with van der Waals surface area (Å²) in [5.74, 6) is 0.230. The molecule has 0 saturated carbocycles. The molecule has 5 heteroatoms. The molecule has 5 nitrogen and oxygen atoms in total. The maximum Gasteiger partial charge on any atom is 0.227 e. The van der Waals surface area contributed by atoms with Crippen molar-refractivity contribution in [3.8, 4) is 11.5 Å². The maximum absolute atomic E-state index is 11.7. The number of methoxy groups -OCH3 is 1. The average Bonchev–Trinajstić information content (AvgIpc) is 2.32. The fraction of sp³-hybridized carbons (Fsp3) is 0.417. The minimum Gasteiger partial charge on any atom is -0.506 e. The predicted molar refractivity (Wildman–Crippen MR) is 66.1 cm³/mol. The molecule has 1 rings (SSSR count). The lowest BCUT2D eigenvalue weighted by Crippen LogP contribution is -2.22. The lowest BCUT2D eigenvalue weighted by atomic mass is 10.1. The number of nitrogens with one attached hydrogen (secondary N) is 1. The molecule has 0 fully saturated rings. The highest BCUT2D eigenvalue weighted by Crippen LogP contribution is 2.28. The predicted octanol–water partition coefficient (Wildman–Crippen LogP) is 1.32. The van der Waals surface area contributed by atoms with Crippen molar-refractivity contribution in [3.63, 3.8) is 0 Å². The lowest BCUT2D eigenvalue weighted by Gasteiger charge is -2.12. The first kappa shape index (κ1) is 13.3. The van der Waals surface area contributed by atoms with Gasteiger partial charge in [0.15, 0.2) is 0 Å². The summed E-state index contributed by atoms with van der Waals surface area (Å²) in [7, 11) is 1.52. The van der Waals surface area contributed by atoms with Gasteiger partial charge in [-0.15, -0.1) is 0 Å². The zero-order chi connectivity index (χ0) is 12.8. The third-order valence-corrected chi connectivity index (χ3v) is 2.51. The van der Waals surface area contributed by atoms with Crippen LogP contribution in [0, 0.1) is 5.92 Å². The highest BCUT2D eigenvalue weighted by molar-refractivity contribution is 5.93. The number of carbonyl (C=O) groups is 1. The van der Waals surface area contributed by atoms with Crippen LogP contribution < -0.4 is 15.8 Å². The maximum atomic E-state index is 11.7. The zero-order valence-corrected chi connectivity index (χ0v) is 10.1. The minimum atomic E-state index is -0.189. The SMILES string of the molecule is COc1ccc(O)c(NC(=O)C(C)CCN)c1. The Labute approximate surface area is 101 Å². The van der Waals surface area contributed by atoms with Crippen LogP contribution in [0.3, 0.4) is 0 Å². The number of hydrogen-bond acceptors (Lipinski definition) is 4. The van der Waals surface area contributed by atoms with Crippen LogP contribution in [0.2, 0.25) is 0 Å². The van der Waals surface area contributed by atoms with Crippen molar-refractivity contribution < 1.29 is 14.6 Å². The van der Waals surface area contributed by atoms with Crippen LogP contribution in [0.25, 0.3) is 0 Å². The van der Waals surface area contributed by atoms with Crippen molar-refractivity contribution in [1.82, 2.24) is 0 Å². The molecule has 0 aliphatic rings. The van der Waals surface area contributed by atoms with Gasteiger partial charge in [0.25, 0.3) is 0 Å². The Kier molecular flexibility index (Phi) is 4.78. The van der Waals surface area contributed by atoms with Gasteiger partial charge in [-0.3, -0.25) is 4.79 Å². The molecule has 0 aliphatic carbocycles. The van der Waals surface area contributed by atoms with Gasteiger partial charge in [0.2, 0.25) is 5.91 Å². The molecule has 94 valence electrons. The number of benzene rings is 1. The Balaban J connectivity index is 2.76. The summed E-state index contributed by atoms with van der Waals surface area (Å²) < 4.78 is 5.02. The number of hydrogen-bond donors (Lipinski definition) is 3. The largest absolute Gasteiger partial charge is 0.506 e. The van der Waals surface area contributed by atoms with Crippen molar-refractivity contribution in [1.29, 1.82) is 0 Å². The molecule has 1 unspecified atom stereocenters. The number of aromatic hydroxyl groups is 1. The van der Waals surface area contributed by atoms with Gasteiger partial charge in [0.05, 0.1) is 12.8 Å². The Morgan fingerprint density at radius 2 is 2.29 bits per heavy atom. The molecule has 1 aromatic rings. The van der Waals surface area contributed by atoms with Crippen molar-refractivity contribution in [2.45, 2.75) is 13.3 Å². The second-order valence-corrected chi connectivity index (χ2v) is 3.85. The van der Waals surface area contributed by atoms with E-state index in [0.29, 0.717) is 24.4 Å². The molecule has 0 bridgehead atoms. The Morgan fingerprint density at radius 1 is 1.59 bits per heavy atom. The summed E-state index contributed by atoms with van der Waals surface area (Å²) in [4.78, 5) is 11.7. The van der Waals surface area contributed by atoms with Gasteiger partial charge in [-0.05, 0) is 25.1 Å². The van der Waals surface area contributed by atoms with Gasteiger partial charge in [0, 0.05) is 12.0 Å². The van der Waals surface area contributed by atoms with E-state index in [1.807, 2.05) is 0 Å². The van der Waals surface area contributed by atoms with Gasteiger partial charge in [-0.25, -0.2) is 0 Å². The monoisotopic (exact) mass is 238 g/mol. The van der Waals surface area contributed by atoms with Crippen molar-refractivity contribution >= 4 is 11.6 Å². The first-order chi connectivity index (χ1) is 8.08. The smallest absolute Gasteiger partial charge is 0.227 e. The summed E-state index contributed by atoms with van der Waals surface area (Å²) in [6, 6.07) is 4.67. The first-order valence-corrected chi connectivity index (χ1v) is 5.46. The Hall–Kier alpha value is -1.75. The summed E-state index contributed by atoms with van der Waals surface area (Å²) in [5.41, 5.74) is 5.73. The van der Waals surface area contributed by atoms with E-state index >= 15 is 0 Å². The van der Waals surface area contributed by atoms with Crippen LogP contribution in [0.1, 0.15) is 13.3 Å². The van der Waals surface area contributed by atoms with E-state index in [-0.39, 0.29) is 17.6 Å². The van der Waals surface area contributed by atoms with Gasteiger partial charge in [-0.2, -0.15) is 0 Å². The summed E-state index contributed by atoms with van der Waals surface area (Å²) in [6.45, 7) is 2.25. The molecule has 1 amide bonds. The lowest BCUT2D eigenvalue weighted by molar-refractivity contribution is -0.119. The molecular weight excluding hydrogens is 220 g/mol. The molecular formula is C12H18N2O3. The normalized spacial score (nSPS) is 11.9. The number of rotatable bonds is 5. The standard InChI is InChI=1S/C12H18N2O3/c1-8(5-6-13)12(16)14-10-7-9(17-2)3-4-11(10)15/h3-4,7-8,15H,5-6,13H2,1-2H3,(H,14,16). The highest BCUT2D eigenvalue weighted by atomic mass is 16.5. The van der Waals surface area contributed by atoms with E-state index in [0.717, 1.165) is 0 Å². The number of phenols is 1. The number of phenolic OH excluding ortho intramolecular Hbond substituents is 1. The molecule has 0 spiro atoms. The number of nitrogens with two attached hydrogens (primary N) is 1. The second-order valence-electron chi connectivity index (χ2n) is 3.85. The van der Waals surface area contributed by atoms with E-state index in [4.69, 9.17) is 10.5 Å². The fourth-order valence-electron chi connectivity index (χ4n) is 1.38. The Morgan fingerprint density at radius 3 is 2.88 bits per heavy atom. The topological polar surface area (TPSA) is 84.6 Å². The number of anilines is 1. The average molecular weight is 238 g/mol. The van der Waals surface area contributed by atoms with Crippen LogP contribution in [-0.2, 0) is 4.79 Å². The summed E-state index contributed by atoms with van der Waals surface area (Å²) >= 11 is 0. The van der Waals surface area contributed by atoms with Crippen LogP contribution >= 0.6 is 0 Å².